The molecule has 2 aromatic carbocycles. The van der Waals surface area contributed by atoms with Crippen molar-refractivity contribution in [3.8, 4) is 0 Å². The molecule has 0 heterocycles. The molecule has 0 bridgehead atoms. The third kappa shape index (κ3) is 4.00. The number of amides is 1. The molecule has 6 heteroatoms. The van der Waals surface area contributed by atoms with Gasteiger partial charge in [-0.25, -0.2) is 4.39 Å². The van der Waals surface area contributed by atoms with E-state index in [2.05, 4.69) is 10.6 Å². The van der Waals surface area contributed by atoms with E-state index in [0.717, 1.165) is 5.69 Å². The van der Waals surface area contributed by atoms with Crippen molar-refractivity contribution in [3.05, 3.63) is 53.8 Å². The van der Waals surface area contributed by atoms with E-state index in [0.29, 0.717) is 16.9 Å². The largest absolute Gasteiger partial charge is 0.389 e. The topological polar surface area (TPSA) is 67.2 Å². The number of rotatable bonds is 4. The molecule has 0 aliphatic rings. The average molecular weight is 303 g/mol. The van der Waals surface area contributed by atoms with Crippen molar-refractivity contribution >= 4 is 40.2 Å². The van der Waals surface area contributed by atoms with Crippen molar-refractivity contribution in [2.75, 3.05) is 10.6 Å². The van der Waals surface area contributed by atoms with Crippen LogP contribution in [0.15, 0.2) is 42.5 Å². The van der Waals surface area contributed by atoms with Crippen LogP contribution < -0.4 is 16.4 Å². The van der Waals surface area contributed by atoms with Crippen LogP contribution in [0, 0.1) is 5.82 Å². The monoisotopic (exact) mass is 303 g/mol. The summed E-state index contributed by atoms with van der Waals surface area (Å²) in [5.41, 5.74) is 8.12. The summed E-state index contributed by atoms with van der Waals surface area (Å²) in [5.74, 6) is -0.533. The van der Waals surface area contributed by atoms with Gasteiger partial charge in [-0.1, -0.05) is 12.2 Å². The van der Waals surface area contributed by atoms with Crippen LogP contribution in [0.4, 0.5) is 21.5 Å². The Hall–Kier alpha value is -2.47. The molecule has 0 fully saturated rings. The molecule has 0 unspecified atom stereocenters. The predicted molar refractivity (Wildman–Crippen MR) is 86.3 cm³/mol. The van der Waals surface area contributed by atoms with Gasteiger partial charge in [-0.05, 0) is 42.5 Å². The minimum atomic E-state index is -0.399. The smallest absolute Gasteiger partial charge is 0.221 e. The average Bonchev–Trinajstić information content (AvgIpc) is 2.42. The molecule has 4 nitrogen and oxygen atoms in total. The highest BCUT2D eigenvalue weighted by Gasteiger charge is 2.07. The van der Waals surface area contributed by atoms with Gasteiger partial charge in [0, 0.05) is 29.5 Å². The zero-order valence-electron chi connectivity index (χ0n) is 11.3. The van der Waals surface area contributed by atoms with Gasteiger partial charge in [-0.3, -0.25) is 4.79 Å². The summed E-state index contributed by atoms with van der Waals surface area (Å²) in [6.07, 6.45) is 0. The van der Waals surface area contributed by atoms with Crippen LogP contribution in [0.3, 0.4) is 0 Å². The zero-order chi connectivity index (χ0) is 15.4. The summed E-state index contributed by atoms with van der Waals surface area (Å²) in [4.78, 5) is 11.1. The fourth-order valence-corrected chi connectivity index (χ4v) is 1.99. The maximum Gasteiger partial charge on any atom is 0.221 e. The fourth-order valence-electron chi connectivity index (χ4n) is 1.82. The summed E-state index contributed by atoms with van der Waals surface area (Å²) in [5, 5.41) is 5.79. The van der Waals surface area contributed by atoms with Gasteiger partial charge in [0.25, 0.3) is 0 Å². The van der Waals surface area contributed by atoms with Crippen LogP contribution >= 0.6 is 12.2 Å². The highest BCUT2D eigenvalue weighted by Crippen LogP contribution is 2.23. The number of hydrogen-bond donors (Lipinski definition) is 3. The second-order valence-electron chi connectivity index (χ2n) is 4.44. The first-order chi connectivity index (χ1) is 9.95. The molecule has 2 rings (SSSR count). The van der Waals surface area contributed by atoms with Crippen LogP contribution in [-0.2, 0) is 4.79 Å². The highest BCUT2D eigenvalue weighted by molar-refractivity contribution is 7.80. The van der Waals surface area contributed by atoms with Gasteiger partial charge < -0.3 is 16.4 Å². The molecule has 0 aromatic heterocycles. The number of carbonyl (C=O) groups is 1. The number of thiocarbonyl (C=S) groups is 1. The van der Waals surface area contributed by atoms with E-state index in [1.165, 1.54) is 19.1 Å². The molecule has 0 aliphatic carbocycles. The van der Waals surface area contributed by atoms with Crippen LogP contribution in [-0.4, -0.2) is 10.9 Å². The van der Waals surface area contributed by atoms with Crippen molar-refractivity contribution < 1.29 is 9.18 Å². The molecule has 0 spiro atoms. The first-order valence-electron chi connectivity index (χ1n) is 6.20. The first-order valence-corrected chi connectivity index (χ1v) is 6.60. The van der Waals surface area contributed by atoms with E-state index in [-0.39, 0.29) is 10.9 Å². The van der Waals surface area contributed by atoms with Gasteiger partial charge >= 0.3 is 0 Å². The minimum absolute atomic E-state index is 0.117. The van der Waals surface area contributed by atoms with E-state index in [1.54, 1.807) is 30.3 Å². The van der Waals surface area contributed by atoms with Gasteiger partial charge in [0.2, 0.25) is 5.91 Å². The van der Waals surface area contributed by atoms with E-state index >= 15 is 0 Å². The second kappa shape index (κ2) is 6.32. The third-order valence-corrected chi connectivity index (χ3v) is 2.95. The number of nitrogens with two attached hydrogens (primary N) is 1. The lowest BCUT2D eigenvalue weighted by atomic mass is 10.1. The normalized spacial score (nSPS) is 10.0. The Balaban J connectivity index is 2.22. The van der Waals surface area contributed by atoms with Gasteiger partial charge in [-0.15, -0.1) is 0 Å². The van der Waals surface area contributed by atoms with E-state index in [9.17, 15) is 9.18 Å². The maximum absolute atomic E-state index is 13.2. The van der Waals surface area contributed by atoms with Gasteiger partial charge in [0.15, 0.2) is 0 Å². The maximum atomic E-state index is 13.2. The molecule has 0 saturated heterocycles. The quantitative estimate of drug-likeness (QED) is 0.759. The van der Waals surface area contributed by atoms with Crippen molar-refractivity contribution in [1.29, 1.82) is 0 Å². The van der Waals surface area contributed by atoms with Crippen LogP contribution in [0.5, 0.6) is 0 Å². The zero-order valence-corrected chi connectivity index (χ0v) is 12.1. The Morgan fingerprint density at radius 3 is 2.33 bits per heavy atom. The lowest BCUT2D eigenvalue weighted by molar-refractivity contribution is -0.114. The van der Waals surface area contributed by atoms with Crippen molar-refractivity contribution in [3.63, 3.8) is 0 Å². The standard InChI is InChI=1S/C15H14FN3OS/c1-9(20)18-11-3-5-12(6-4-11)19-14-7-2-10(16)8-13(14)15(17)21/h2-8,19H,1H3,(H2,17,21)(H,18,20). The molecular formula is C15H14FN3OS. The van der Waals surface area contributed by atoms with Crippen LogP contribution in [0.25, 0.3) is 0 Å². The summed E-state index contributed by atoms with van der Waals surface area (Å²) >= 11 is 4.92. The molecule has 4 N–H and O–H groups in total. The van der Waals surface area contributed by atoms with Gasteiger partial charge in [-0.2, -0.15) is 0 Å². The highest BCUT2D eigenvalue weighted by atomic mass is 32.1. The lowest BCUT2D eigenvalue weighted by Crippen LogP contribution is -2.12. The van der Waals surface area contributed by atoms with Crippen molar-refractivity contribution in [2.24, 2.45) is 5.73 Å². The molecule has 108 valence electrons. The van der Waals surface area contributed by atoms with Crippen LogP contribution in [0.1, 0.15) is 12.5 Å². The van der Waals surface area contributed by atoms with E-state index in [1.807, 2.05) is 0 Å². The Kier molecular flexibility index (Phi) is 4.49. The SMILES string of the molecule is CC(=O)Nc1ccc(Nc2ccc(F)cc2C(N)=S)cc1. The summed E-state index contributed by atoms with van der Waals surface area (Å²) in [7, 11) is 0. The molecule has 0 saturated carbocycles. The van der Waals surface area contributed by atoms with Crippen molar-refractivity contribution in [2.45, 2.75) is 6.92 Å². The number of nitrogens with one attached hydrogen (secondary N) is 2. The Labute approximate surface area is 127 Å². The predicted octanol–water partition coefficient (Wildman–Crippen LogP) is 3.16. The molecule has 0 atom stereocenters. The molecule has 0 aliphatic heterocycles. The Bertz CT molecular complexity index is 686. The number of halogens is 1. The number of hydrogen-bond acceptors (Lipinski definition) is 3. The fraction of sp³-hybridized carbons (Fsp3) is 0.0667. The molecule has 2 aromatic rings. The Morgan fingerprint density at radius 1 is 1.14 bits per heavy atom. The van der Waals surface area contributed by atoms with Gasteiger partial charge in [0.1, 0.15) is 10.8 Å². The van der Waals surface area contributed by atoms with Crippen LogP contribution in [0.2, 0.25) is 0 Å². The van der Waals surface area contributed by atoms with Crippen molar-refractivity contribution in [1.82, 2.24) is 0 Å². The lowest BCUT2D eigenvalue weighted by Gasteiger charge is -2.12. The molecule has 0 radical (unpaired) electrons. The van der Waals surface area contributed by atoms with E-state index < -0.39 is 5.82 Å². The Morgan fingerprint density at radius 2 is 1.76 bits per heavy atom. The summed E-state index contributed by atoms with van der Waals surface area (Å²) in [6.45, 7) is 1.44. The van der Waals surface area contributed by atoms with E-state index in [4.69, 9.17) is 18.0 Å². The number of carbonyl (C=O) groups excluding carboxylic acids is 1. The third-order valence-electron chi connectivity index (χ3n) is 2.73. The molecule has 1 amide bonds. The second-order valence-corrected chi connectivity index (χ2v) is 4.88. The molecular weight excluding hydrogens is 289 g/mol. The molecule has 21 heavy (non-hydrogen) atoms. The number of anilines is 3. The summed E-state index contributed by atoms with van der Waals surface area (Å²) < 4.78 is 13.2. The minimum Gasteiger partial charge on any atom is -0.389 e. The first kappa shape index (κ1) is 14.9. The van der Waals surface area contributed by atoms with Gasteiger partial charge in [0.05, 0.1) is 0 Å². The number of benzene rings is 2. The summed E-state index contributed by atoms with van der Waals surface area (Å²) in [6, 6.07) is 11.3.